The highest BCUT2D eigenvalue weighted by Crippen LogP contribution is 2.31. The average Bonchev–Trinajstić information content (AvgIpc) is 3.43. The first-order chi connectivity index (χ1) is 16.7. The molecular formula is C25H23FN4O5. The van der Waals surface area contributed by atoms with Crippen LogP contribution in [0.3, 0.4) is 0 Å². The van der Waals surface area contributed by atoms with Gasteiger partial charge < -0.3 is 19.2 Å². The van der Waals surface area contributed by atoms with Gasteiger partial charge in [0.2, 0.25) is 0 Å². The predicted molar refractivity (Wildman–Crippen MR) is 126 cm³/mol. The molecule has 0 atom stereocenters. The van der Waals surface area contributed by atoms with E-state index < -0.39 is 17.7 Å². The van der Waals surface area contributed by atoms with Crippen LogP contribution < -0.4 is 10.1 Å². The van der Waals surface area contributed by atoms with Crippen LogP contribution in [0, 0.1) is 5.82 Å². The van der Waals surface area contributed by atoms with E-state index in [9.17, 15) is 14.4 Å². The number of nitrogens with one attached hydrogen (secondary N) is 1. The highest BCUT2D eigenvalue weighted by Gasteiger charge is 2.23. The third-order valence-electron chi connectivity index (χ3n) is 5.43. The molecule has 9 nitrogen and oxygen atoms in total. The predicted octanol–water partition coefficient (Wildman–Crippen LogP) is 4.12. The molecule has 1 aromatic carbocycles. The zero-order chi connectivity index (χ0) is 25.3. The molecule has 4 aromatic rings. The molecule has 4 rings (SSSR count). The van der Waals surface area contributed by atoms with E-state index in [1.165, 1.54) is 43.1 Å². The van der Waals surface area contributed by atoms with Crippen LogP contribution >= 0.6 is 0 Å². The Morgan fingerprint density at radius 2 is 1.94 bits per heavy atom. The first-order valence-electron chi connectivity index (χ1n) is 10.7. The van der Waals surface area contributed by atoms with Crippen molar-refractivity contribution >= 4 is 28.9 Å². The maximum absolute atomic E-state index is 15.6. The maximum Gasteiger partial charge on any atom is 0.338 e. The standard InChI is InChI=1S/C25H23FN4O5/c1-5-35-25(33)15-8-18(16-12-27-29(3)13-16)23(26)20(9-15)28-24(32)19-11-21(14(2)31)30-7-6-17(34-4)10-22(19)30/h6-13H,5H2,1-4H3,(H,28,32). The number of benzene rings is 1. The van der Waals surface area contributed by atoms with Crippen LogP contribution in [-0.2, 0) is 11.8 Å². The second kappa shape index (κ2) is 9.41. The number of rotatable bonds is 7. The van der Waals surface area contributed by atoms with Gasteiger partial charge in [0, 0.05) is 43.6 Å². The fraction of sp³-hybridized carbons (Fsp3) is 0.200. The molecule has 0 saturated heterocycles. The third-order valence-corrected chi connectivity index (χ3v) is 5.43. The van der Waals surface area contributed by atoms with Gasteiger partial charge in [-0.3, -0.25) is 14.3 Å². The first-order valence-corrected chi connectivity index (χ1v) is 10.7. The lowest BCUT2D eigenvalue weighted by Gasteiger charge is -2.12. The van der Waals surface area contributed by atoms with Crippen molar-refractivity contribution in [3.8, 4) is 16.9 Å². The van der Waals surface area contributed by atoms with Crippen LogP contribution in [0.5, 0.6) is 5.75 Å². The van der Waals surface area contributed by atoms with Gasteiger partial charge in [0.15, 0.2) is 11.6 Å². The van der Waals surface area contributed by atoms with Crippen molar-refractivity contribution in [2.45, 2.75) is 13.8 Å². The largest absolute Gasteiger partial charge is 0.497 e. The van der Waals surface area contributed by atoms with Crippen molar-refractivity contribution < 1.29 is 28.2 Å². The van der Waals surface area contributed by atoms with E-state index in [1.807, 2.05) is 0 Å². The third kappa shape index (κ3) is 4.50. The van der Waals surface area contributed by atoms with Gasteiger partial charge in [0.05, 0.1) is 47.9 Å². The number of ketones is 1. The molecule has 0 aliphatic heterocycles. The smallest absolute Gasteiger partial charge is 0.338 e. The number of pyridine rings is 1. The quantitative estimate of drug-likeness (QED) is 0.317. The normalized spacial score (nSPS) is 10.9. The monoisotopic (exact) mass is 478 g/mol. The average molecular weight is 478 g/mol. The number of esters is 1. The number of ether oxygens (including phenoxy) is 2. The van der Waals surface area contributed by atoms with Gasteiger partial charge in [-0.1, -0.05) is 0 Å². The molecule has 180 valence electrons. The number of Topliss-reactive ketones (excluding diaryl/α,β-unsaturated/α-hetero) is 1. The highest BCUT2D eigenvalue weighted by molar-refractivity contribution is 6.12. The zero-order valence-electron chi connectivity index (χ0n) is 19.6. The molecular weight excluding hydrogens is 455 g/mol. The Bertz CT molecular complexity index is 1470. The number of amides is 1. The summed E-state index contributed by atoms with van der Waals surface area (Å²) in [6, 6.07) is 7.27. The maximum atomic E-state index is 15.6. The second-order valence-electron chi connectivity index (χ2n) is 7.78. The number of carbonyl (C=O) groups is 3. The Balaban J connectivity index is 1.82. The molecule has 3 heterocycles. The van der Waals surface area contributed by atoms with E-state index in [4.69, 9.17) is 9.47 Å². The summed E-state index contributed by atoms with van der Waals surface area (Å²) in [7, 11) is 3.16. The molecule has 35 heavy (non-hydrogen) atoms. The van der Waals surface area contributed by atoms with Crippen molar-refractivity contribution in [2.24, 2.45) is 7.05 Å². The van der Waals surface area contributed by atoms with Gasteiger partial charge in [-0.15, -0.1) is 0 Å². The second-order valence-corrected chi connectivity index (χ2v) is 7.78. The minimum atomic E-state index is -0.743. The fourth-order valence-corrected chi connectivity index (χ4v) is 3.77. The van der Waals surface area contributed by atoms with E-state index in [0.29, 0.717) is 16.8 Å². The van der Waals surface area contributed by atoms with Crippen LogP contribution in [0.15, 0.2) is 48.9 Å². The Kier molecular flexibility index (Phi) is 6.37. The molecule has 0 bridgehead atoms. The molecule has 0 aliphatic carbocycles. The molecule has 0 spiro atoms. The summed E-state index contributed by atoms with van der Waals surface area (Å²) in [6.07, 6.45) is 4.65. The van der Waals surface area contributed by atoms with Crippen LogP contribution in [0.25, 0.3) is 16.6 Å². The summed E-state index contributed by atoms with van der Waals surface area (Å²) in [5.74, 6) is -1.84. The molecule has 0 fully saturated rings. The van der Waals surface area contributed by atoms with Crippen molar-refractivity contribution in [1.29, 1.82) is 0 Å². The van der Waals surface area contributed by atoms with Crippen LogP contribution in [0.4, 0.5) is 10.1 Å². The van der Waals surface area contributed by atoms with E-state index in [2.05, 4.69) is 10.4 Å². The number of hydrogen-bond donors (Lipinski definition) is 1. The Morgan fingerprint density at radius 3 is 2.57 bits per heavy atom. The Hall–Kier alpha value is -4.47. The summed E-state index contributed by atoms with van der Waals surface area (Å²) >= 11 is 0. The minimum Gasteiger partial charge on any atom is -0.497 e. The van der Waals surface area contributed by atoms with Gasteiger partial charge in [0.25, 0.3) is 5.91 Å². The summed E-state index contributed by atoms with van der Waals surface area (Å²) in [6.45, 7) is 3.17. The van der Waals surface area contributed by atoms with Gasteiger partial charge in [0.1, 0.15) is 5.75 Å². The van der Waals surface area contributed by atoms with Crippen molar-refractivity contribution in [3.05, 3.63) is 71.6 Å². The number of fused-ring (bicyclic) bond motifs is 1. The first kappa shape index (κ1) is 23.7. The number of aryl methyl sites for hydroxylation is 1. The van der Waals surface area contributed by atoms with Gasteiger partial charge >= 0.3 is 5.97 Å². The molecule has 0 saturated carbocycles. The molecule has 1 amide bonds. The Labute approximate surface area is 200 Å². The summed E-state index contributed by atoms with van der Waals surface area (Å²) < 4.78 is 28.9. The number of halogens is 1. The fourth-order valence-electron chi connectivity index (χ4n) is 3.77. The number of aromatic nitrogens is 3. The van der Waals surface area contributed by atoms with Crippen molar-refractivity contribution in [1.82, 2.24) is 14.2 Å². The molecule has 10 heteroatoms. The van der Waals surface area contributed by atoms with Crippen LogP contribution in [-0.4, -0.2) is 45.6 Å². The highest BCUT2D eigenvalue weighted by atomic mass is 19.1. The lowest BCUT2D eigenvalue weighted by Crippen LogP contribution is -2.15. The number of carbonyl (C=O) groups excluding carboxylic acids is 3. The lowest BCUT2D eigenvalue weighted by atomic mass is 10.0. The minimum absolute atomic E-state index is 0.0650. The van der Waals surface area contributed by atoms with Gasteiger partial charge in [-0.25, -0.2) is 9.18 Å². The zero-order valence-corrected chi connectivity index (χ0v) is 19.6. The number of methoxy groups -OCH3 is 1. The van der Waals surface area contributed by atoms with Crippen molar-refractivity contribution in [2.75, 3.05) is 19.0 Å². The summed E-state index contributed by atoms with van der Waals surface area (Å²) in [5.41, 5.74) is 1.17. The van der Waals surface area contributed by atoms with E-state index in [-0.39, 0.29) is 40.5 Å². The molecule has 0 unspecified atom stereocenters. The van der Waals surface area contributed by atoms with E-state index >= 15 is 4.39 Å². The number of hydrogen-bond acceptors (Lipinski definition) is 6. The molecule has 0 aliphatic rings. The Morgan fingerprint density at radius 1 is 1.17 bits per heavy atom. The molecule has 1 N–H and O–H groups in total. The topological polar surface area (TPSA) is 104 Å². The van der Waals surface area contributed by atoms with Gasteiger partial charge in [-0.2, -0.15) is 5.10 Å². The van der Waals surface area contributed by atoms with E-state index in [1.54, 1.807) is 42.9 Å². The molecule has 3 aromatic heterocycles. The number of anilines is 1. The van der Waals surface area contributed by atoms with E-state index in [0.717, 1.165) is 0 Å². The van der Waals surface area contributed by atoms with Crippen LogP contribution in [0.1, 0.15) is 45.1 Å². The lowest BCUT2D eigenvalue weighted by molar-refractivity contribution is 0.0526. The number of nitrogens with zero attached hydrogens (tertiary/aromatic N) is 3. The summed E-state index contributed by atoms with van der Waals surface area (Å²) in [4.78, 5) is 37.9. The molecule has 0 radical (unpaired) electrons. The van der Waals surface area contributed by atoms with Crippen LogP contribution in [0.2, 0.25) is 0 Å². The van der Waals surface area contributed by atoms with Crippen molar-refractivity contribution in [3.63, 3.8) is 0 Å². The van der Waals surface area contributed by atoms with Gasteiger partial charge in [-0.05, 0) is 31.2 Å². The summed E-state index contributed by atoms with van der Waals surface area (Å²) in [5, 5.41) is 6.60. The SMILES string of the molecule is CCOC(=O)c1cc(NC(=O)c2cc(C(C)=O)n3ccc(OC)cc23)c(F)c(-c2cnn(C)c2)c1.